The molecule has 270 valence electrons. The number of fused-ring (bicyclic) bond motifs is 5. The summed E-state index contributed by atoms with van der Waals surface area (Å²) in [5.74, 6) is 6.15. The molecule has 4 aliphatic carbocycles. The number of allylic oxidation sites excluding steroid dienone is 3. The van der Waals surface area contributed by atoms with Crippen LogP contribution in [-0.4, -0.2) is 12.1 Å². The van der Waals surface area contributed by atoms with Gasteiger partial charge in [0.25, 0.3) is 0 Å². The summed E-state index contributed by atoms with van der Waals surface area (Å²) in [6.07, 6.45) is 36.5. The number of carbonyl (C=O) groups is 1. The Kier molecular flexibility index (Phi) is 15.5. The van der Waals surface area contributed by atoms with Crippen molar-refractivity contribution in [1.29, 1.82) is 0 Å². The monoisotopic (exact) mass is 651 g/mol. The predicted molar refractivity (Wildman–Crippen MR) is 202 cm³/mol. The Morgan fingerprint density at radius 3 is 2.26 bits per heavy atom. The van der Waals surface area contributed by atoms with E-state index in [0.717, 1.165) is 67.1 Å². The zero-order valence-corrected chi connectivity index (χ0v) is 32.4. The Morgan fingerprint density at radius 1 is 0.851 bits per heavy atom. The largest absolute Gasteiger partial charge is 0.462 e. The first-order chi connectivity index (χ1) is 22.6. The second-order valence-electron chi connectivity index (χ2n) is 17.9. The first-order valence-corrected chi connectivity index (χ1v) is 21.2. The van der Waals surface area contributed by atoms with Crippen LogP contribution in [0.15, 0.2) is 23.8 Å². The maximum atomic E-state index is 12.8. The quantitative estimate of drug-likeness (QED) is 0.0744. The summed E-state index contributed by atoms with van der Waals surface area (Å²) in [6.45, 7) is 17.4. The van der Waals surface area contributed by atoms with Crippen molar-refractivity contribution >= 4 is 5.97 Å². The molecule has 0 aromatic heterocycles. The molecule has 0 unspecified atom stereocenters. The zero-order valence-electron chi connectivity index (χ0n) is 32.4. The molecule has 0 heterocycles. The van der Waals surface area contributed by atoms with Crippen LogP contribution in [0.3, 0.4) is 0 Å². The van der Waals surface area contributed by atoms with Gasteiger partial charge in [-0.25, -0.2) is 0 Å². The van der Waals surface area contributed by atoms with Crippen LogP contribution in [0.5, 0.6) is 0 Å². The van der Waals surface area contributed by atoms with Crippen molar-refractivity contribution in [2.45, 2.75) is 202 Å². The summed E-state index contributed by atoms with van der Waals surface area (Å²) in [5, 5.41) is 0. The van der Waals surface area contributed by atoms with E-state index in [-0.39, 0.29) is 12.1 Å². The summed E-state index contributed by atoms with van der Waals surface area (Å²) in [4.78, 5) is 12.8. The van der Waals surface area contributed by atoms with Crippen LogP contribution in [0.4, 0.5) is 0 Å². The van der Waals surface area contributed by atoms with Gasteiger partial charge in [-0.2, -0.15) is 0 Å². The first-order valence-electron chi connectivity index (χ1n) is 21.2. The SMILES string of the molecule is CCCCCC/C=C\CCCCCCCC(=O)O[C@H]1CC[C@@]2(C)C(=CC[C@H]3[C@@H]4CC[C@H]([C@H](C)CC[C@@H](CC)C(C)C)[C@@]4(C)CC[C@@H]32)C1. The van der Waals surface area contributed by atoms with E-state index in [1.54, 1.807) is 5.57 Å². The molecule has 0 bridgehead atoms. The Morgan fingerprint density at radius 2 is 1.55 bits per heavy atom. The van der Waals surface area contributed by atoms with Crippen LogP contribution >= 0.6 is 0 Å². The summed E-state index contributed by atoms with van der Waals surface area (Å²) >= 11 is 0. The van der Waals surface area contributed by atoms with Gasteiger partial charge in [0, 0.05) is 12.8 Å². The molecule has 4 aliphatic rings. The van der Waals surface area contributed by atoms with Crippen molar-refractivity contribution in [3.05, 3.63) is 23.8 Å². The molecule has 9 atom stereocenters. The third-order valence-electron chi connectivity index (χ3n) is 14.7. The molecule has 47 heavy (non-hydrogen) atoms. The molecule has 3 saturated carbocycles. The van der Waals surface area contributed by atoms with E-state index in [2.05, 4.69) is 66.7 Å². The van der Waals surface area contributed by atoms with Gasteiger partial charge >= 0.3 is 5.97 Å². The Hall–Kier alpha value is -1.05. The molecular weight excluding hydrogens is 572 g/mol. The molecule has 2 heteroatoms. The summed E-state index contributed by atoms with van der Waals surface area (Å²) in [5.41, 5.74) is 2.51. The molecule has 4 rings (SSSR count). The maximum Gasteiger partial charge on any atom is 0.306 e. The second kappa shape index (κ2) is 18.8. The summed E-state index contributed by atoms with van der Waals surface area (Å²) in [7, 11) is 0. The van der Waals surface area contributed by atoms with Gasteiger partial charge in [-0.1, -0.05) is 124 Å². The van der Waals surface area contributed by atoms with Crippen LogP contribution in [0.2, 0.25) is 0 Å². The fourth-order valence-corrected chi connectivity index (χ4v) is 11.6. The van der Waals surface area contributed by atoms with Crippen molar-refractivity contribution in [1.82, 2.24) is 0 Å². The van der Waals surface area contributed by atoms with Gasteiger partial charge in [-0.15, -0.1) is 0 Å². The molecule has 2 nitrogen and oxygen atoms in total. The van der Waals surface area contributed by atoms with Gasteiger partial charge in [-0.05, 0) is 136 Å². The topological polar surface area (TPSA) is 26.3 Å². The molecular formula is C45H78O2. The van der Waals surface area contributed by atoms with E-state index in [1.807, 2.05) is 0 Å². The van der Waals surface area contributed by atoms with Crippen LogP contribution in [-0.2, 0) is 9.53 Å². The lowest BCUT2D eigenvalue weighted by atomic mass is 9.47. The normalized spacial score (nSPS) is 33.3. The highest BCUT2D eigenvalue weighted by molar-refractivity contribution is 5.69. The molecule has 0 spiro atoms. The molecule has 0 amide bonds. The Bertz CT molecular complexity index is 992. The molecule has 0 radical (unpaired) electrons. The van der Waals surface area contributed by atoms with E-state index < -0.39 is 0 Å². The number of hydrogen-bond acceptors (Lipinski definition) is 2. The third kappa shape index (κ3) is 10.0. The molecule has 3 fully saturated rings. The smallest absolute Gasteiger partial charge is 0.306 e. The van der Waals surface area contributed by atoms with Gasteiger partial charge in [-0.3, -0.25) is 4.79 Å². The minimum atomic E-state index is 0.0529. The fourth-order valence-electron chi connectivity index (χ4n) is 11.6. The van der Waals surface area contributed by atoms with Gasteiger partial charge in [0.1, 0.15) is 6.10 Å². The van der Waals surface area contributed by atoms with Gasteiger partial charge in [0.05, 0.1) is 0 Å². The van der Waals surface area contributed by atoms with Crippen molar-refractivity contribution in [2.75, 3.05) is 0 Å². The highest BCUT2D eigenvalue weighted by atomic mass is 16.5. The summed E-state index contributed by atoms with van der Waals surface area (Å²) < 4.78 is 6.13. The highest BCUT2D eigenvalue weighted by Gasteiger charge is 2.59. The standard InChI is InChI=1S/C45H78O2/c1-8-10-11-12-13-14-15-16-17-18-19-20-21-22-43(46)47-38-29-31-44(6)37(33-38)25-26-39-41-28-27-40(45(41,7)32-30-42(39)44)35(5)23-24-36(9-2)34(3)4/h14-15,25,34-36,38-42H,8-13,16-24,26-33H2,1-7H3/b15-14-/t35-,36-,38+,39+,40-,41+,42+,44+,45-/m1/s1. The van der Waals surface area contributed by atoms with Crippen LogP contribution in [0, 0.1) is 52.3 Å². The minimum Gasteiger partial charge on any atom is -0.462 e. The maximum absolute atomic E-state index is 12.8. The van der Waals surface area contributed by atoms with Crippen LogP contribution < -0.4 is 0 Å². The fraction of sp³-hybridized carbons (Fsp3) is 0.889. The average molecular weight is 651 g/mol. The van der Waals surface area contributed by atoms with Gasteiger partial charge in [0.15, 0.2) is 0 Å². The van der Waals surface area contributed by atoms with Crippen LogP contribution in [0.25, 0.3) is 0 Å². The average Bonchev–Trinajstić information content (AvgIpc) is 3.41. The van der Waals surface area contributed by atoms with Crippen molar-refractivity contribution in [3.8, 4) is 0 Å². The van der Waals surface area contributed by atoms with E-state index in [9.17, 15) is 4.79 Å². The zero-order chi connectivity index (χ0) is 33.9. The van der Waals surface area contributed by atoms with E-state index in [0.29, 0.717) is 17.3 Å². The number of rotatable bonds is 20. The second-order valence-corrected chi connectivity index (χ2v) is 17.9. The van der Waals surface area contributed by atoms with Crippen molar-refractivity contribution in [2.24, 2.45) is 52.3 Å². The molecule has 0 saturated heterocycles. The number of ether oxygens (including phenoxy) is 1. The van der Waals surface area contributed by atoms with Gasteiger partial charge in [0.2, 0.25) is 0 Å². The lowest BCUT2D eigenvalue weighted by Crippen LogP contribution is -2.51. The number of unbranched alkanes of at least 4 members (excludes halogenated alkanes) is 9. The number of esters is 1. The van der Waals surface area contributed by atoms with E-state index >= 15 is 0 Å². The predicted octanol–water partition coefficient (Wildman–Crippen LogP) is 13.8. The van der Waals surface area contributed by atoms with Crippen LogP contribution in [0.1, 0.15) is 196 Å². The van der Waals surface area contributed by atoms with E-state index in [1.165, 1.54) is 116 Å². The lowest BCUT2D eigenvalue weighted by Gasteiger charge is -2.58. The number of carbonyl (C=O) groups excluding carboxylic acids is 1. The molecule has 0 N–H and O–H groups in total. The summed E-state index contributed by atoms with van der Waals surface area (Å²) in [6, 6.07) is 0. The number of hydrogen-bond donors (Lipinski definition) is 0. The molecule has 0 aliphatic heterocycles. The Labute approximate surface area is 293 Å². The highest BCUT2D eigenvalue weighted by Crippen LogP contribution is 2.67. The Balaban J connectivity index is 1.17. The molecule has 0 aromatic rings. The minimum absolute atomic E-state index is 0.0529. The van der Waals surface area contributed by atoms with E-state index in [4.69, 9.17) is 4.74 Å². The first kappa shape index (κ1) is 38.7. The van der Waals surface area contributed by atoms with Crippen molar-refractivity contribution < 1.29 is 9.53 Å². The molecule has 0 aromatic carbocycles. The van der Waals surface area contributed by atoms with Gasteiger partial charge < -0.3 is 4.74 Å². The lowest BCUT2D eigenvalue weighted by molar-refractivity contribution is -0.151. The third-order valence-corrected chi connectivity index (χ3v) is 14.7. The van der Waals surface area contributed by atoms with Crippen molar-refractivity contribution in [3.63, 3.8) is 0 Å².